The van der Waals surface area contributed by atoms with E-state index in [9.17, 15) is 14.4 Å². The summed E-state index contributed by atoms with van der Waals surface area (Å²) in [7, 11) is 0. The van der Waals surface area contributed by atoms with Crippen molar-refractivity contribution in [1.82, 2.24) is 0 Å². The predicted octanol–water partition coefficient (Wildman–Crippen LogP) is 1.34. The Morgan fingerprint density at radius 2 is 1.87 bits per heavy atom. The van der Waals surface area contributed by atoms with Gasteiger partial charge in [-0.1, -0.05) is 11.8 Å². The third-order valence-corrected chi connectivity index (χ3v) is 3.47. The zero-order chi connectivity index (χ0) is 11.4. The molecule has 84 valence electrons. The molecule has 0 aromatic carbocycles. The molecule has 1 N–H and O–H groups in total. The van der Waals surface area contributed by atoms with Crippen LogP contribution in [0.2, 0.25) is 0 Å². The van der Waals surface area contributed by atoms with Crippen molar-refractivity contribution in [3.63, 3.8) is 0 Å². The van der Waals surface area contributed by atoms with Crippen LogP contribution in [0.25, 0.3) is 0 Å². The van der Waals surface area contributed by atoms with Gasteiger partial charge in [0.1, 0.15) is 5.78 Å². The van der Waals surface area contributed by atoms with Crippen LogP contribution in [-0.2, 0) is 14.4 Å². The van der Waals surface area contributed by atoms with Crippen molar-refractivity contribution in [2.75, 3.05) is 5.75 Å². The standard InChI is InChI=1S/C10H14O4S/c1-6(11)15-5-4-9(12)7-2-3-8(7)10(13)14/h7-8H,2-5H2,1H3,(H,13,14). The van der Waals surface area contributed by atoms with Crippen LogP contribution >= 0.6 is 11.8 Å². The second-order valence-corrected chi connectivity index (χ2v) is 4.96. The Kier molecular flexibility index (Phi) is 4.32. The fourth-order valence-electron chi connectivity index (χ4n) is 1.66. The molecule has 1 aliphatic rings. The number of carboxylic acids is 1. The van der Waals surface area contributed by atoms with E-state index in [1.807, 2.05) is 0 Å². The number of carbonyl (C=O) groups excluding carboxylic acids is 2. The number of rotatable bonds is 5. The highest BCUT2D eigenvalue weighted by Gasteiger charge is 2.40. The lowest BCUT2D eigenvalue weighted by molar-refractivity contribution is -0.152. The molecule has 15 heavy (non-hydrogen) atoms. The zero-order valence-electron chi connectivity index (χ0n) is 8.56. The highest BCUT2D eigenvalue weighted by atomic mass is 32.2. The van der Waals surface area contributed by atoms with Crippen molar-refractivity contribution in [2.45, 2.75) is 26.2 Å². The number of Topliss-reactive ketones (excluding diaryl/α,β-unsaturated/α-hetero) is 1. The minimum absolute atomic E-state index is 0.00815. The second-order valence-electron chi connectivity index (χ2n) is 3.68. The third-order valence-electron chi connectivity index (χ3n) is 2.66. The molecule has 5 heteroatoms. The number of carbonyl (C=O) groups is 3. The lowest BCUT2D eigenvalue weighted by Gasteiger charge is -2.31. The van der Waals surface area contributed by atoms with Gasteiger partial charge >= 0.3 is 5.97 Å². The van der Waals surface area contributed by atoms with Crippen molar-refractivity contribution >= 4 is 28.6 Å². The molecule has 0 aromatic heterocycles. The van der Waals surface area contributed by atoms with Gasteiger partial charge < -0.3 is 5.11 Å². The van der Waals surface area contributed by atoms with Crippen molar-refractivity contribution in [2.24, 2.45) is 11.8 Å². The Bertz CT molecular complexity index is 287. The van der Waals surface area contributed by atoms with E-state index in [4.69, 9.17) is 5.11 Å². The second kappa shape index (κ2) is 5.30. The summed E-state index contributed by atoms with van der Waals surface area (Å²) in [4.78, 5) is 32.8. The SMILES string of the molecule is CC(=O)SCCC(=O)C1CCC1C(=O)O. The largest absolute Gasteiger partial charge is 0.481 e. The molecule has 2 atom stereocenters. The molecular formula is C10H14O4S. The van der Waals surface area contributed by atoms with Gasteiger partial charge in [0.2, 0.25) is 0 Å². The van der Waals surface area contributed by atoms with E-state index >= 15 is 0 Å². The molecule has 4 nitrogen and oxygen atoms in total. The Morgan fingerprint density at radius 1 is 1.27 bits per heavy atom. The molecule has 0 heterocycles. The van der Waals surface area contributed by atoms with Gasteiger partial charge in [0.05, 0.1) is 5.92 Å². The molecule has 1 aliphatic carbocycles. The van der Waals surface area contributed by atoms with Crippen LogP contribution < -0.4 is 0 Å². The average Bonchev–Trinajstić information content (AvgIpc) is 1.99. The summed E-state index contributed by atoms with van der Waals surface area (Å²) in [5.41, 5.74) is 0. The minimum atomic E-state index is -0.876. The van der Waals surface area contributed by atoms with Gasteiger partial charge in [0.15, 0.2) is 5.12 Å². The number of carboxylic acid groups (broad SMARTS) is 1. The van der Waals surface area contributed by atoms with Gasteiger partial charge in [0, 0.05) is 25.0 Å². The van der Waals surface area contributed by atoms with Gasteiger partial charge in [-0.05, 0) is 12.8 Å². The Hall–Kier alpha value is -0.840. The van der Waals surface area contributed by atoms with E-state index < -0.39 is 11.9 Å². The summed E-state index contributed by atoms with van der Waals surface area (Å²) < 4.78 is 0. The fourth-order valence-corrected chi connectivity index (χ4v) is 2.25. The van der Waals surface area contributed by atoms with Gasteiger partial charge in [-0.15, -0.1) is 0 Å². The monoisotopic (exact) mass is 230 g/mol. The van der Waals surface area contributed by atoms with Crippen LogP contribution in [0.1, 0.15) is 26.2 Å². The average molecular weight is 230 g/mol. The summed E-state index contributed by atoms with van der Waals surface area (Å²) in [6, 6.07) is 0. The van der Waals surface area contributed by atoms with Crippen LogP contribution in [0.3, 0.4) is 0 Å². The van der Waals surface area contributed by atoms with E-state index in [1.54, 1.807) is 0 Å². The number of ketones is 1. The molecule has 0 spiro atoms. The van der Waals surface area contributed by atoms with Gasteiger partial charge in [0.25, 0.3) is 0 Å². The number of hydrogen-bond acceptors (Lipinski definition) is 4. The fraction of sp³-hybridized carbons (Fsp3) is 0.700. The number of thioether (sulfide) groups is 1. The Morgan fingerprint density at radius 3 is 2.27 bits per heavy atom. The molecule has 1 saturated carbocycles. The molecule has 0 bridgehead atoms. The number of hydrogen-bond donors (Lipinski definition) is 1. The van der Waals surface area contributed by atoms with Gasteiger partial charge in [-0.25, -0.2) is 0 Å². The molecular weight excluding hydrogens is 216 g/mol. The highest BCUT2D eigenvalue weighted by molar-refractivity contribution is 8.13. The maximum absolute atomic E-state index is 11.5. The first-order valence-corrected chi connectivity index (χ1v) is 5.90. The molecule has 0 aromatic rings. The van der Waals surface area contributed by atoms with Crippen molar-refractivity contribution in [3.8, 4) is 0 Å². The summed E-state index contributed by atoms with van der Waals surface area (Å²) in [6.45, 7) is 1.46. The molecule has 1 rings (SSSR count). The minimum Gasteiger partial charge on any atom is -0.481 e. The summed E-state index contributed by atoms with van der Waals surface area (Å²) >= 11 is 1.11. The van der Waals surface area contributed by atoms with Crippen LogP contribution in [-0.4, -0.2) is 27.7 Å². The van der Waals surface area contributed by atoms with E-state index in [2.05, 4.69) is 0 Å². The predicted molar refractivity (Wildman–Crippen MR) is 56.6 cm³/mol. The maximum atomic E-state index is 11.5. The highest BCUT2D eigenvalue weighted by Crippen LogP contribution is 2.36. The summed E-state index contributed by atoms with van der Waals surface area (Å²) in [6.07, 6.45) is 1.59. The van der Waals surface area contributed by atoms with E-state index in [1.165, 1.54) is 6.92 Å². The molecule has 0 aliphatic heterocycles. The zero-order valence-corrected chi connectivity index (χ0v) is 9.38. The lowest BCUT2D eigenvalue weighted by atomic mass is 9.71. The van der Waals surface area contributed by atoms with Crippen LogP contribution in [0, 0.1) is 11.8 Å². The summed E-state index contributed by atoms with van der Waals surface area (Å²) in [5, 5.41) is 8.75. The molecule has 0 amide bonds. The first-order valence-electron chi connectivity index (χ1n) is 4.91. The Balaban J connectivity index is 2.29. The molecule has 0 radical (unpaired) electrons. The van der Waals surface area contributed by atoms with Gasteiger partial charge in [-0.2, -0.15) is 0 Å². The van der Waals surface area contributed by atoms with Crippen molar-refractivity contribution < 1.29 is 19.5 Å². The van der Waals surface area contributed by atoms with Crippen LogP contribution in [0.5, 0.6) is 0 Å². The smallest absolute Gasteiger partial charge is 0.307 e. The van der Waals surface area contributed by atoms with E-state index in [0.29, 0.717) is 25.0 Å². The quantitative estimate of drug-likeness (QED) is 0.771. The molecule has 2 unspecified atom stereocenters. The lowest BCUT2D eigenvalue weighted by Crippen LogP contribution is -2.38. The normalized spacial score (nSPS) is 24.3. The van der Waals surface area contributed by atoms with Gasteiger partial charge in [-0.3, -0.25) is 14.4 Å². The topological polar surface area (TPSA) is 71.4 Å². The van der Waals surface area contributed by atoms with E-state index in [0.717, 1.165) is 11.8 Å². The van der Waals surface area contributed by atoms with E-state index in [-0.39, 0.29) is 16.8 Å². The first kappa shape index (κ1) is 12.2. The first-order chi connectivity index (χ1) is 7.02. The maximum Gasteiger partial charge on any atom is 0.307 e. The molecule has 1 fully saturated rings. The Labute approximate surface area is 92.4 Å². The van der Waals surface area contributed by atoms with Crippen molar-refractivity contribution in [1.29, 1.82) is 0 Å². The molecule has 0 saturated heterocycles. The van der Waals surface area contributed by atoms with Crippen LogP contribution in [0.4, 0.5) is 0 Å². The number of aliphatic carboxylic acids is 1. The van der Waals surface area contributed by atoms with Crippen LogP contribution in [0.15, 0.2) is 0 Å². The summed E-state index contributed by atoms with van der Waals surface area (Å²) in [5.74, 6) is -1.21. The van der Waals surface area contributed by atoms with Crippen molar-refractivity contribution in [3.05, 3.63) is 0 Å². The third kappa shape index (κ3) is 3.34.